The first kappa shape index (κ1) is 12.4. The number of carbonyl (C=O) groups is 1. The molecule has 0 bridgehead atoms. The molecular formula is C13H12ClN3O. The Morgan fingerprint density at radius 2 is 2.00 bits per heavy atom. The zero-order chi connectivity index (χ0) is 13.1. The number of benzene rings is 1. The lowest BCUT2D eigenvalue weighted by molar-refractivity contribution is 0.0994. The molecule has 0 aliphatic carbocycles. The molecule has 0 amide bonds. The number of ketones is 1. The van der Waals surface area contributed by atoms with E-state index in [4.69, 9.17) is 23.1 Å². The Balaban J connectivity index is 2.22. The van der Waals surface area contributed by atoms with Crippen molar-refractivity contribution in [3.05, 3.63) is 52.7 Å². The molecule has 0 aliphatic rings. The highest BCUT2D eigenvalue weighted by Crippen LogP contribution is 2.20. The molecule has 0 aliphatic heterocycles. The van der Waals surface area contributed by atoms with E-state index in [0.717, 1.165) is 5.56 Å². The molecule has 18 heavy (non-hydrogen) atoms. The number of rotatable bonds is 3. The quantitative estimate of drug-likeness (QED) is 0.656. The monoisotopic (exact) mass is 261 g/mol. The predicted molar refractivity (Wildman–Crippen MR) is 72.5 cm³/mol. The summed E-state index contributed by atoms with van der Waals surface area (Å²) in [4.78, 5) is 15.9. The Hall–Kier alpha value is -2.07. The van der Waals surface area contributed by atoms with E-state index in [1.807, 2.05) is 0 Å². The molecule has 4 N–H and O–H groups in total. The number of carbonyl (C=O) groups excluding carboxylic acids is 1. The fourth-order valence-electron chi connectivity index (χ4n) is 1.67. The van der Waals surface area contributed by atoms with Gasteiger partial charge in [-0.1, -0.05) is 11.6 Å². The standard InChI is InChI=1S/C13H12ClN3O/c14-9-1-2-10(11(15)7-9)12(18)5-8-3-4-17-13(16)6-8/h1-4,6-7H,5,15H2,(H2,16,17). The van der Waals surface area contributed by atoms with Crippen molar-refractivity contribution in [1.29, 1.82) is 0 Å². The molecule has 0 atom stereocenters. The van der Waals surface area contributed by atoms with Crippen molar-refractivity contribution < 1.29 is 4.79 Å². The first-order chi connectivity index (χ1) is 8.56. The minimum absolute atomic E-state index is 0.0743. The summed E-state index contributed by atoms with van der Waals surface area (Å²) in [6.07, 6.45) is 1.81. The van der Waals surface area contributed by atoms with Crippen LogP contribution in [0.15, 0.2) is 36.5 Å². The van der Waals surface area contributed by atoms with Gasteiger partial charge in [-0.05, 0) is 35.9 Å². The summed E-state index contributed by atoms with van der Waals surface area (Å²) in [6, 6.07) is 8.26. The van der Waals surface area contributed by atoms with Crippen LogP contribution in [0.1, 0.15) is 15.9 Å². The number of nitrogen functional groups attached to an aromatic ring is 2. The Kier molecular flexibility index (Phi) is 3.48. The van der Waals surface area contributed by atoms with Gasteiger partial charge in [-0.3, -0.25) is 4.79 Å². The van der Waals surface area contributed by atoms with Crippen molar-refractivity contribution in [3.8, 4) is 0 Å². The third-order valence-corrected chi connectivity index (χ3v) is 2.76. The van der Waals surface area contributed by atoms with Crippen LogP contribution < -0.4 is 11.5 Å². The summed E-state index contributed by atoms with van der Waals surface area (Å²) in [5.74, 6) is 0.319. The molecule has 92 valence electrons. The second-order valence-corrected chi connectivity index (χ2v) is 4.36. The van der Waals surface area contributed by atoms with E-state index >= 15 is 0 Å². The van der Waals surface area contributed by atoms with E-state index in [9.17, 15) is 4.79 Å². The van der Waals surface area contributed by atoms with Crippen LogP contribution in [0, 0.1) is 0 Å². The minimum Gasteiger partial charge on any atom is -0.398 e. The molecule has 0 unspecified atom stereocenters. The number of Topliss-reactive ketones (excluding diaryl/α,β-unsaturated/α-hetero) is 1. The Labute approximate surface area is 110 Å². The van der Waals surface area contributed by atoms with Gasteiger partial charge >= 0.3 is 0 Å². The topological polar surface area (TPSA) is 82.0 Å². The Morgan fingerprint density at radius 1 is 1.22 bits per heavy atom. The van der Waals surface area contributed by atoms with Crippen LogP contribution in [0.4, 0.5) is 11.5 Å². The number of aromatic nitrogens is 1. The second-order valence-electron chi connectivity index (χ2n) is 3.92. The Morgan fingerprint density at radius 3 is 2.67 bits per heavy atom. The summed E-state index contributed by atoms with van der Waals surface area (Å²) in [7, 11) is 0. The van der Waals surface area contributed by atoms with Crippen molar-refractivity contribution in [3.63, 3.8) is 0 Å². The van der Waals surface area contributed by atoms with Gasteiger partial charge < -0.3 is 11.5 Å². The maximum Gasteiger partial charge on any atom is 0.169 e. The van der Waals surface area contributed by atoms with Gasteiger partial charge in [0.2, 0.25) is 0 Å². The molecule has 1 heterocycles. The van der Waals surface area contributed by atoms with E-state index in [-0.39, 0.29) is 12.2 Å². The third kappa shape index (κ3) is 2.78. The molecular weight excluding hydrogens is 250 g/mol. The molecule has 5 heteroatoms. The lowest BCUT2D eigenvalue weighted by Gasteiger charge is -2.05. The number of nitrogens with zero attached hydrogens (tertiary/aromatic N) is 1. The first-order valence-corrected chi connectivity index (χ1v) is 5.72. The van der Waals surface area contributed by atoms with E-state index in [1.54, 1.807) is 36.5 Å². The van der Waals surface area contributed by atoms with Crippen molar-refractivity contribution in [2.75, 3.05) is 11.5 Å². The van der Waals surface area contributed by atoms with Gasteiger partial charge in [0.25, 0.3) is 0 Å². The molecule has 1 aromatic heterocycles. The maximum absolute atomic E-state index is 12.1. The number of halogens is 1. The average Bonchev–Trinajstić information content (AvgIpc) is 2.28. The van der Waals surface area contributed by atoms with E-state index in [1.165, 1.54) is 0 Å². The van der Waals surface area contributed by atoms with Crippen molar-refractivity contribution in [2.24, 2.45) is 0 Å². The number of hydrogen-bond donors (Lipinski definition) is 2. The average molecular weight is 262 g/mol. The van der Waals surface area contributed by atoms with Crippen LogP contribution in [0.5, 0.6) is 0 Å². The predicted octanol–water partition coefficient (Wildman–Crippen LogP) is 2.32. The van der Waals surface area contributed by atoms with Crippen LogP contribution in [-0.2, 0) is 6.42 Å². The minimum atomic E-state index is -0.0743. The molecule has 0 fully saturated rings. The molecule has 0 saturated carbocycles. The highest BCUT2D eigenvalue weighted by atomic mass is 35.5. The van der Waals surface area contributed by atoms with Crippen molar-refractivity contribution >= 4 is 28.9 Å². The molecule has 2 rings (SSSR count). The summed E-state index contributed by atoms with van der Waals surface area (Å²) in [5.41, 5.74) is 13.0. The fraction of sp³-hybridized carbons (Fsp3) is 0.0769. The lowest BCUT2D eigenvalue weighted by Crippen LogP contribution is -2.07. The van der Waals surface area contributed by atoms with Crippen LogP contribution in [0.25, 0.3) is 0 Å². The number of anilines is 2. The van der Waals surface area contributed by atoms with E-state index < -0.39 is 0 Å². The summed E-state index contributed by atoms with van der Waals surface area (Å²) in [5, 5.41) is 0.511. The smallest absolute Gasteiger partial charge is 0.169 e. The van der Waals surface area contributed by atoms with Gasteiger partial charge in [-0.15, -0.1) is 0 Å². The highest BCUT2D eigenvalue weighted by Gasteiger charge is 2.11. The number of hydrogen-bond acceptors (Lipinski definition) is 4. The number of nitrogens with two attached hydrogens (primary N) is 2. The lowest BCUT2D eigenvalue weighted by atomic mass is 10.0. The van der Waals surface area contributed by atoms with Crippen LogP contribution >= 0.6 is 11.6 Å². The molecule has 0 saturated heterocycles. The molecule has 2 aromatic rings. The van der Waals surface area contributed by atoms with Gasteiger partial charge in [-0.2, -0.15) is 0 Å². The molecule has 1 aromatic carbocycles. The fourth-order valence-corrected chi connectivity index (χ4v) is 1.85. The van der Waals surface area contributed by atoms with Gasteiger partial charge in [0.15, 0.2) is 5.78 Å². The number of pyridine rings is 1. The summed E-state index contributed by atoms with van der Waals surface area (Å²) >= 11 is 5.79. The summed E-state index contributed by atoms with van der Waals surface area (Å²) in [6.45, 7) is 0. The van der Waals surface area contributed by atoms with Crippen molar-refractivity contribution in [1.82, 2.24) is 4.98 Å². The van der Waals surface area contributed by atoms with E-state index in [0.29, 0.717) is 22.1 Å². The van der Waals surface area contributed by atoms with Crippen LogP contribution in [-0.4, -0.2) is 10.8 Å². The third-order valence-electron chi connectivity index (χ3n) is 2.52. The maximum atomic E-state index is 12.1. The van der Waals surface area contributed by atoms with Gasteiger partial charge in [0, 0.05) is 28.9 Å². The largest absolute Gasteiger partial charge is 0.398 e. The zero-order valence-electron chi connectivity index (χ0n) is 9.56. The van der Waals surface area contributed by atoms with Gasteiger partial charge in [-0.25, -0.2) is 4.98 Å². The Bertz CT molecular complexity index is 599. The first-order valence-electron chi connectivity index (χ1n) is 5.35. The van der Waals surface area contributed by atoms with Crippen LogP contribution in [0.2, 0.25) is 5.02 Å². The SMILES string of the molecule is Nc1cc(CC(=O)c2ccc(Cl)cc2N)ccn1. The van der Waals surface area contributed by atoms with E-state index in [2.05, 4.69) is 4.98 Å². The molecule has 0 radical (unpaired) electrons. The second kappa shape index (κ2) is 5.06. The van der Waals surface area contributed by atoms with Crippen molar-refractivity contribution in [2.45, 2.75) is 6.42 Å². The summed E-state index contributed by atoms with van der Waals surface area (Å²) < 4.78 is 0. The van der Waals surface area contributed by atoms with Gasteiger partial charge in [0.1, 0.15) is 5.82 Å². The van der Waals surface area contributed by atoms with Crippen LogP contribution in [0.3, 0.4) is 0 Å². The molecule has 4 nitrogen and oxygen atoms in total. The van der Waals surface area contributed by atoms with Gasteiger partial charge in [0.05, 0.1) is 0 Å². The highest BCUT2D eigenvalue weighted by molar-refractivity contribution is 6.31. The molecule has 0 spiro atoms. The zero-order valence-corrected chi connectivity index (χ0v) is 10.3. The normalized spacial score (nSPS) is 10.3.